The summed E-state index contributed by atoms with van der Waals surface area (Å²) in [6.45, 7) is 8.97. The van der Waals surface area contributed by atoms with E-state index < -0.39 is 8.07 Å². The average molecular weight is 529 g/mol. The van der Waals surface area contributed by atoms with Crippen LogP contribution < -0.4 is 10.6 Å². The summed E-state index contributed by atoms with van der Waals surface area (Å²) in [6.07, 6.45) is 1.32. The number of H-pyrrole nitrogens is 1. The predicted molar refractivity (Wildman–Crippen MR) is 157 cm³/mol. The van der Waals surface area contributed by atoms with E-state index in [4.69, 9.17) is 0 Å². The van der Waals surface area contributed by atoms with Crippen LogP contribution in [0, 0.1) is 5.82 Å². The quantitative estimate of drug-likeness (QED) is 0.166. The van der Waals surface area contributed by atoms with E-state index in [0.29, 0.717) is 30.5 Å². The molecule has 38 heavy (non-hydrogen) atoms. The minimum Gasteiger partial charge on any atom is -0.362 e. The number of carbonyl (C=O) groups excluding carboxylic acids is 2. The van der Waals surface area contributed by atoms with Crippen molar-refractivity contribution in [2.75, 3.05) is 6.54 Å². The SMILES string of the molecule is CC[Si](CC)(CC)c1[nH]c2ccc(C(C)=O)cc2c1CCNC(=O)c1ccc(Cc2cccc(F)c2)cc1. The van der Waals surface area contributed by atoms with E-state index in [2.05, 4.69) is 31.1 Å². The third-order valence-corrected chi connectivity index (χ3v) is 13.6. The summed E-state index contributed by atoms with van der Waals surface area (Å²) in [4.78, 5) is 28.8. The van der Waals surface area contributed by atoms with Crippen LogP contribution in [0.3, 0.4) is 0 Å². The van der Waals surface area contributed by atoms with E-state index >= 15 is 0 Å². The molecule has 2 N–H and O–H groups in total. The van der Waals surface area contributed by atoms with Crippen molar-refractivity contribution in [3.05, 3.63) is 100 Å². The van der Waals surface area contributed by atoms with Gasteiger partial charge in [0.25, 0.3) is 5.91 Å². The van der Waals surface area contributed by atoms with E-state index in [1.807, 2.05) is 48.5 Å². The fraction of sp³-hybridized carbons (Fsp3) is 0.312. The van der Waals surface area contributed by atoms with Crippen molar-refractivity contribution >= 4 is 36.0 Å². The Morgan fingerprint density at radius 1 is 0.868 bits per heavy atom. The van der Waals surface area contributed by atoms with Crippen molar-refractivity contribution in [2.24, 2.45) is 0 Å². The molecule has 0 spiro atoms. The number of fused-ring (bicyclic) bond motifs is 1. The van der Waals surface area contributed by atoms with Gasteiger partial charge in [-0.1, -0.05) is 63.2 Å². The second-order valence-electron chi connectivity index (χ2n) is 10.1. The van der Waals surface area contributed by atoms with Crippen molar-refractivity contribution in [1.29, 1.82) is 0 Å². The van der Waals surface area contributed by atoms with Gasteiger partial charge in [-0.2, -0.15) is 0 Å². The normalized spacial score (nSPS) is 11.6. The van der Waals surface area contributed by atoms with Gasteiger partial charge in [0.2, 0.25) is 0 Å². The molecule has 1 aromatic heterocycles. The number of amides is 1. The lowest BCUT2D eigenvalue weighted by molar-refractivity contribution is 0.0953. The molecule has 1 heterocycles. The van der Waals surface area contributed by atoms with Crippen LogP contribution in [0.5, 0.6) is 0 Å². The molecule has 0 saturated heterocycles. The Balaban J connectivity index is 1.51. The van der Waals surface area contributed by atoms with Crippen LogP contribution in [0.4, 0.5) is 4.39 Å². The Morgan fingerprint density at radius 3 is 2.18 bits per heavy atom. The first-order valence-electron chi connectivity index (χ1n) is 13.6. The van der Waals surface area contributed by atoms with E-state index in [1.165, 1.54) is 23.0 Å². The number of rotatable bonds is 11. The predicted octanol–water partition coefficient (Wildman–Crippen LogP) is 6.79. The van der Waals surface area contributed by atoms with Crippen LogP contribution in [0.25, 0.3) is 10.9 Å². The van der Waals surface area contributed by atoms with Crippen LogP contribution in [0.1, 0.15) is 65.1 Å². The maximum atomic E-state index is 13.5. The summed E-state index contributed by atoms with van der Waals surface area (Å²) in [6, 6.07) is 23.4. The number of nitrogens with one attached hydrogen (secondary N) is 2. The van der Waals surface area contributed by atoms with Crippen LogP contribution in [0.2, 0.25) is 18.1 Å². The van der Waals surface area contributed by atoms with Crippen molar-refractivity contribution in [3.8, 4) is 0 Å². The van der Waals surface area contributed by atoms with E-state index in [1.54, 1.807) is 13.0 Å². The Kier molecular flexibility index (Phi) is 8.62. The van der Waals surface area contributed by atoms with E-state index in [9.17, 15) is 14.0 Å². The first-order chi connectivity index (χ1) is 18.3. The second kappa shape index (κ2) is 11.9. The molecule has 0 atom stereocenters. The van der Waals surface area contributed by atoms with Gasteiger partial charge in [0.15, 0.2) is 5.78 Å². The van der Waals surface area contributed by atoms with Gasteiger partial charge >= 0.3 is 0 Å². The van der Waals surface area contributed by atoms with Gasteiger partial charge in [-0.25, -0.2) is 4.39 Å². The summed E-state index contributed by atoms with van der Waals surface area (Å²) in [5.74, 6) is -0.302. The summed E-state index contributed by atoms with van der Waals surface area (Å²) < 4.78 is 13.5. The van der Waals surface area contributed by atoms with Gasteiger partial charge < -0.3 is 10.3 Å². The zero-order valence-corrected chi connectivity index (χ0v) is 23.8. The molecular weight excluding hydrogens is 491 g/mol. The smallest absolute Gasteiger partial charge is 0.251 e. The Hall–Kier alpha value is -3.51. The lowest BCUT2D eigenvalue weighted by Gasteiger charge is -2.28. The largest absolute Gasteiger partial charge is 0.362 e. The molecule has 4 aromatic rings. The highest BCUT2D eigenvalue weighted by Gasteiger charge is 2.34. The Bertz CT molecular complexity index is 1430. The van der Waals surface area contributed by atoms with Gasteiger partial charge in [-0.05, 0) is 78.9 Å². The maximum Gasteiger partial charge on any atom is 0.251 e. The number of benzene rings is 3. The highest BCUT2D eigenvalue weighted by molar-refractivity contribution is 6.91. The summed E-state index contributed by atoms with van der Waals surface area (Å²) in [5.41, 5.74) is 5.54. The van der Waals surface area contributed by atoms with Gasteiger partial charge in [-0.3, -0.25) is 9.59 Å². The molecule has 0 aliphatic heterocycles. The molecule has 1 amide bonds. The first kappa shape index (κ1) is 27.5. The molecule has 0 aliphatic rings. The van der Waals surface area contributed by atoms with E-state index in [0.717, 1.165) is 40.2 Å². The zero-order valence-electron chi connectivity index (χ0n) is 22.8. The topological polar surface area (TPSA) is 62.0 Å². The minimum atomic E-state index is -1.73. The van der Waals surface area contributed by atoms with Gasteiger partial charge in [0.05, 0.1) is 0 Å². The van der Waals surface area contributed by atoms with Gasteiger partial charge in [0.1, 0.15) is 13.9 Å². The van der Waals surface area contributed by atoms with Crippen LogP contribution in [0.15, 0.2) is 66.7 Å². The molecule has 0 unspecified atom stereocenters. The third-order valence-electron chi connectivity index (χ3n) is 8.05. The molecule has 0 radical (unpaired) electrons. The third kappa shape index (κ3) is 5.81. The van der Waals surface area contributed by atoms with Crippen LogP contribution in [-0.4, -0.2) is 31.3 Å². The number of carbonyl (C=O) groups is 2. The maximum absolute atomic E-state index is 13.5. The molecule has 0 fully saturated rings. The lowest BCUT2D eigenvalue weighted by Crippen LogP contribution is -2.48. The number of hydrogen-bond donors (Lipinski definition) is 2. The summed E-state index contributed by atoms with van der Waals surface area (Å²) in [7, 11) is -1.73. The van der Waals surface area contributed by atoms with Crippen LogP contribution >= 0.6 is 0 Å². The molecule has 0 aliphatic carbocycles. The number of ketones is 1. The van der Waals surface area contributed by atoms with Crippen molar-refractivity contribution in [3.63, 3.8) is 0 Å². The highest BCUT2D eigenvalue weighted by Crippen LogP contribution is 2.27. The number of hydrogen-bond acceptors (Lipinski definition) is 2. The molecular formula is C32H37FN2O2Si. The van der Waals surface area contributed by atoms with Crippen molar-refractivity contribution in [1.82, 2.24) is 10.3 Å². The van der Waals surface area contributed by atoms with Crippen LogP contribution in [-0.2, 0) is 12.8 Å². The summed E-state index contributed by atoms with van der Waals surface area (Å²) in [5, 5.41) is 5.55. The van der Waals surface area contributed by atoms with Crippen molar-refractivity contribution in [2.45, 2.75) is 58.7 Å². The number of halogens is 1. The number of aromatic nitrogens is 1. The number of Topliss-reactive ketones (excluding diaryl/α,β-unsaturated/α-hetero) is 1. The fourth-order valence-electron chi connectivity index (χ4n) is 5.52. The Morgan fingerprint density at radius 2 is 1.55 bits per heavy atom. The summed E-state index contributed by atoms with van der Waals surface area (Å²) >= 11 is 0. The standard InChI is InChI=1S/C32H37FN2O2Si/c1-5-38(6-2,7-3)32-28(29-21-26(22(4)36)15-16-30(29)35-32)17-18-34-31(37)25-13-11-23(12-14-25)19-24-9-8-10-27(33)20-24/h8-16,20-21,35H,5-7,17-19H2,1-4H3,(H,34,37). The zero-order chi connectivity index (χ0) is 27.3. The average Bonchev–Trinajstić information content (AvgIpc) is 3.28. The van der Waals surface area contributed by atoms with Gasteiger partial charge in [0, 0.05) is 33.9 Å². The second-order valence-corrected chi connectivity index (χ2v) is 15.3. The molecule has 198 valence electrons. The monoisotopic (exact) mass is 528 g/mol. The Labute approximate surface area is 225 Å². The molecule has 4 nitrogen and oxygen atoms in total. The lowest BCUT2D eigenvalue weighted by atomic mass is 10.0. The fourth-order valence-corrected chi connectivity index (χ4v) is 9.38. The number of aromatic amines is 1. The highest BCUT2D eigenvalue weighted by atomic mass is 28.3. The minimum absolute atomic E-state index is 0.0553. The van der Waals surface area contributed by atoms with Gasteiger partial charge in [-0.15, -0.1) is 0 Å². The molecule has 6 heteroatoms. The van der Waals surface area contributed by atoms with E-state index in [-0.39, 0.29) is 17.5 Å². The molecule has 0 saturated carbocycles. The molecule has 4 rings (SSSR count). The molecule has 3 aromatic carbocycles. The first-order valence-corrected chi connectivity index (χ1v) is 16.2. The molecule has 0 bridgehead atoms. The van der Waals surface area contributed by atoms with Crippen molar-refractivity contribution < 1.29 is 14.0 Å².